The summed E-state index contributed by atoms with van der Waals surface area (Å²) >= 11 is 1.51. The second-order valence-electron chi connectivity index (χ2n) is 5.52. The Morgan fingerprint density at radius 2 is 2.18 bits per heavy atom. The lowest BCUT2D eigenvalue weighted by Crippen LogP contribution is -2.34. The van der Waals surface area contributed by atoms with E-state index in [2.05, 4.69) is 4.98 Å². The molecule has 1 fully saturated rings. The molecule has 22 heavy (non-hydrogen) atoms. The average Bonchev–Trinajstić information content (AvgIpc) is 3.21. The molecule has 0 spiro atoms. The third-order valence-corrected chi connectivity index (χ3v) is 4.49. The summed E-state index contributed by atoms with van der Waals surface area (Å²) in [7, 11) is 0. The summed E-state index contributed by atoms with van der Waals surface area (Å²) in [5.74, 6) is -1.28. The number of nitrogens with zero attached hydrogens (tertiary/aromatic N) is 2. The van der Waals surface area contributed by atoms with Crippen molar-refractivity contribution in [3.8, 4) is 0 Å². The smallest absolute Gasteiger partial charge is 0.229 e. The fourth-order valence-electron chi connectivity index (χ4n) is 2.39. The topological polar surface area (TPSA) is 33.2 Å². The molecule has 1 aromatic carbocycles. The molecule has 3 rings (SSSR count). The summed E-state index contributed by atoms with van der Waals surface area (Å²) in [6, 6.07) is 3.64. The van der Waals surface area contributed by atoms with Gasteiger partial charge >= 0.3 is 0 Å². The minimum Gasteiger partial charge on any atom is -0.335 e. The number of amides is 1. The van der Waals surface area contributed by atoms with Crippen LogP contribution in [0.15, 0.2) is 23.6 Å². The van der Waals surface area contributed by atoms with Gasteiger partial charge in [-0.3, -0.25) is 4.79 Å². The molecular formula is C16H16F2N2OS. The first-order valence-corrected chi connectivity index (χ1v) is 8.05. The maximum atomic E-state index is 13.8. The Morgan fingerprint density at radius 3 is 2.77 bits per heavy atom. The first-order chi connectivity index (χ1) is 10.5. The molecule has 1 amide bonds. The minimum atomic E-state index is -0.608. The van der Waals surface area contributed by atoms with Crippen LogP contribution in [0.2, 0.25) is 0 Å². The number of aromatic nitrogens is 1. The van der Waals surface area contributed by atoms with E-state index in [1.54, 1.807) is 4.90 Å². The van der Waals surface area contributed by atoms with E-state index in [-0.39, 0.29) is 24.9 Å². The molecule has 0 bridgehead atoms. The lowest BCUT2D eigenvalue weighted by molar-refractivity contribution is -0.131. The Bertz CT molecular complexity index is 697. The minimum absolute atomic E-state index is 0.0588. The summed E-state index contributed by atoms with van der Waals surface area (Å²) in [6.45, 7) is 2.07. The van der Waals surface area contributed by atoms with E-state index < -0.39 is 11.6 Å². The van der Waals surface area contributed by atoms with E-state index in [1.165, 1.54) is 23.5 Å². The molecule has 1 aliphatic rings. The van der Waals surface area contributed by atoms with Gasteiger partial charge in [0.15, 0.2) is 0 Å². The number of carbonyl (C=O) groups excluding carboxylic acids is 1. The third-order valence-electron chi connectivity index (χ3n) is 3.66. The van der Waals surface area contributed by atoms with Gasteiger partial charge in [0, 0.05) is 29.6 Å². The summed E-state index contributed by atoms with van der Waals surface area (Å²) in [5.41, 5.74) is 1.09. The molecule has 6 heteroatoms. The molecule has 0 atom stereocenters. The number of carbonyl (C=O) groups is 1. The molecule has 0 aliphatic heterocycles. The van der Waals surface area contributed by atoms with Crippen LogP contribution < -0.4 is 0 Å². The van der Waals surface area contributed by atoms with Crippen molar-refractivity contribution in [3.05, 3.63) is 51.5 Å². The zero-order chi connectivity index (χ0) is 15.7. The molecule has 1 saturated carbocycles. The Kier molecular flexibility index (Phi) is 4.20. The van der Waals surface area contributed by atoms with Gasteiger partial charge in [0.05, 0.1) is 17.1 Å². The zero-order valence-electron chi connectivity index (χ0n) is 12.2. The van der Waals surface area contributed by atoms with Crippen molar-refractivity contribution in [1.29, 1.82) is 0 Å². The maximum Gasteiger partial charge on any atom is 0.229 e. The number of hydrogen-bond acceptors (Lipinski definition) is 3. The van der Waals surface area contributed by atoms with Gasteiger partial charge in [-0.05, 0) is 25.8 Å². The number of benzene rings is 1. The van der Waals surface area contributed by atoms with Gasteiger partial charge < -0.3 is 4.90 Å². The van der Waals surface area contributed by atoms with E-state index in [9.17, 15) is 13.6 Å². The standard InChI is InChI=1S/C16H16F2N2OS/c1-10-19-13(9-22-10)7-16(21)20(14-4-5-14)8-11-2-3-12(17)6-15(11)18/h2-3,6,9,14H,4-5,7-8H2,1H3. The van der Waals surface area contributed by atoms with Crippen LogP contribution >= 0.6 is 11.3 Å². The number of rotatable bonds is 5. The largest absolute Gasteiger partial charge is 0.335 e. The highest BCUT2D eigenvalue weighted by Crippen LogP contribution is 2.29. The van der Waals surface area contributed by atoms with E-state index in [0.29, 0.717) is 5.56 Å². The number of hydrogen-bond donors (Lipinski definition) is 0. The first kappa shape index (κ1) is 15.1. The van der Waals surface area contributed by atoms with Crippen molar-refractivity contribution in [3.63, 3.8) is 0 Å². The summed E-state index contributed by atoms with van der Waals surface area (Å²) in [6.07, 6.45) is 2.10. The van der Waals surface area contributed by atoms with Gasteiger partial charge in [-0.2, -0.15) is 0 Å². The Labute approximate surface area is 131 Å². The Morgan fingerprint density at radius 1 is 1.41 bits per heavy atom. The predicted octanol–water partition coefficient (Wildman–Crippen LogP) is 3.46. The van der Waals surface area contributed by atoms with Gasteiger partial charge in [-0.1, -0.05) is 6.07 Å². The van der Waals surface area contributed by atoms with Crippen molar-refractivity contribution in [1.82, 2.24) is 9.88 Å². The Hall–Kier alpha value is -1.82. The van der Waals surface area contributed by atoms with Gasteiger partial charge in [0.2, 0.25) is 5.91 Å². The highest BCUT2D eigenvalue weighted by atomic mass is 32.1. The molecule has 0 unspecified atom stereocenters. The van der Waals surface area contributed by atoms with Crippen LogP contribution in [0.3, 0.4) is 0 Å². The fraction of sp³-hybridized carbons (Fsp3) is 0.375. The molecule has 1 aliphatic carbocycles. The summed E-state index contributed by atoms with van der Waals surface area (Å²) in [5, 5.41) is 2.79. The van der Waals surface area contributed by atoms with E-state index >= 15 is 0 Å². The quantitative estimate of drug-likeness (QED) is 0.844. The Balaban J connectivity index is 1.73. The molecule has 116 valence electrons. The fourth-order valence-corrected chi connectivity index (χ4v) is 3.00. The van der Waals surface area contributed by atoms with Crippen LogP contribution in [0.1, 0.15) is 29.1 Å². The normalized spacial score (nSPS) is 14.1. The highest BCUT2D eigenvalue weighted by Gasteiger charge is 2.33. The van der Waals surface area contributed by atoms with Gasteiger partial charge in [-0.25, -0.2) is 13.8 Å². The van der Waals surface area contributed by atoms with E-state index in [0.717, 1.165) is 29.6 Å². The molecular weight excluding hydrogens is 306 g/mol. The highest BCUT2D eigenvalue weighted by molar-refractivity contribution is 7.09. The van der Waals surface area contributed by atoms with Gasteiger partial charge in [0.25, 0.3) is 0 Å². The first-order valence-electron chi connectivity index (χ1n) is 7.17. The number of thiazole rings is 1. The maximum absolute atomic E-state index is 13.8. The second kappa shape index (κ2) is 6.12. The van der Waals surface area contributed by atoms with Crippen LogP contribution in [0.25, 0.3) is 0 Å². The van der Waals surface area contributed by atoms with Crippen molar-refractivity contribution < 1.29 is 13.6 Å². The van der Waals surface area contributed by atoms with E-state index in [4.69, 9.17) is 0 Å². The van der Waals surface area contributed by atoms with Crippen molar-refractivity contribution in [2.75, 3.05) is 0 Å². The lowest BCUT2D eigenvalue weighted by Gasteiger charge is -2.22. The average molecular weight is 322 g/mol. The molecule has 2 aromatic rings. The lowest BCUT2D eigenvalue weighted by atomic mass is 10.1. The molecule has 1 heterocycles. The van der Waals surface area contributed by atoms with Crippen LogP contribution in [0.5, 0.6) is 0 Å². The molecule has 0 radical (unpaired) electrons. The zero-order valence-corrected chi connectivity index (χ0v) is 13.0. The van der Waals surface area contributed by atoms with Gasteiger partial charge in [-0.15, -0.1) is 11.3 Å². The number of aryl methyl sites for hydroxylation is 1. The van der Waals surface area contributed by atoms with Gasteiger partial charge in [0.1, 0.15) is 11.6 Å². The molecule has 0 N–H and O–H groups in total. The monoisotopic (exact) mass is 322 g/mol. The summed E-state index contributed by atoms with van der Waals surface area (Å²) < 4.78 is 26.8. The summed E-state index contributed by atoms with van der Waals surface area (Å²) in [4.78, 5) is 18.5. The molecule has 1 aromatic heterocycles. The van der Waals surface area contributed by atoms with Crippen molar-refractivity contribution in [2.45, 2.75) is 38.8 Å². The number of halogens is 2. The van der Waals surface area contributed by atoms with Crippen LogP contribution in [-0.4, -0.2) is 21.8 Å². The molecule has 0 saturated heterocycles. The van der Waals surface area contributed by atoms with Crippen LogP contribution in [-0.2, 0) is 17.8 Å². The second-order valence-corrected chi connectivity index (χ2v) is 6.59. The van der Waals surface area contributed by atoms with E-state index in [1.807, 2.05) is 12.3 Å². The van der Waals surface area contributed by atoms with Crippen molar-refractivity contribution >= 4 is 17.2 Å². The molecule has 3 nitrogen and oxygen atoms in total. The SMILES string of the molecule is Cc1nc(CC(=O)N(Cc2ccc(F)cc2F)C2CC2)cs1. The van der Waals surface area contributed by atoms with Crippen molar-refractivity contribution in [2.24, 2.45) is 0 Å². The van der Waals surface area contributed by atoms with Crippen LogP contribution in [0.4, 0.5) is 8.78 Å². The third kappa shape index (κ3) is 3.50. The van der Waals surface area contributed by atoms with Crippen LogP contribution in [0, 0.1) is 18.6 Å². The predicted molar refractivity (Wildman–Crippen MR) is 80.5 cm³/mol.